The highest BCUT2D eigenvalue weighted by molar-refractivity contribution is 7.20. The van der Waals surface area contributed by atoms with E-state index in [1.165, 1.54) is 0 Å². The lowest BCUT2D eigenvalue weighted by atomic mass is 10.2. The smallest absolute Gasteiger partial charge is 0.263 e. The van der Waals surface area contributed by atoms with Crippen LogP contribution in [0, 0.1) is 0 Å². The summed E-state index contributed by atoms with van der Waals surface area (Å²) in [5.41, 5.74) is 3.03. The molecule has 1 aliphatic carbocycles. The third-order valence-electron chi connectivity index (χ3n) is 5.06. The van der Waals surface area contributed by atoms with Crippen LogP contribution in [0.25, 0.3) is 15.3 Å². The zero-order valence-electron chi connectivity index (χ0n) is 16.4. The molecule has 2 aromatic carbocycles. The standard InChI is InChI=1S/C22H20N4O3S/c1-28-17-10-3-4-11-18(17)29-13-20(27)24-21-14-7-6-9-15(14)25-26(21)22-23-16-8-2-5-12-19(16)30-22/h2-5,8,10-12H,6-7,9,13H2,1H3,(H,24,27). The Morgan fingerprint density at radius 3 is 2.77 bits per heavy atom. The van der Waals surface area contributed by atoms with Crippen LogP contribution in [0.5, 0.6) is 11.5 Å². The van der Waals surface area contributed by atoms with Crippen molar-refractivity contribution in [2.24, 2.45) is 0 Å². The molecule has 0 unspecified atom stereocenters. The van der Waals surface area contributed by atoms with Crippen molar-refractivity contribution in [3.63, 3.8) is 0 Å². The second-order valence-corrected chi connectivity index (χ2v) is 8.00. The van der Waals surface area contributed by atoms with Gasteiger partial charge in [0.1, 0.15) is 5.82 Å². The van der Waals surface area contributed by atoms with Gasteiger partial charge in [0.25, 0.3) is 5.91 Å². The summed E-state index contributed by atoms with van der Waals surface area (Å²) in [6.07, 6.45) is 2.84. The first-order chi connectivity index (χ1) is 14.7. The average molecular weight is 420 g/mol. The van der Waals surface area contributed by atoms with E-state index in [2.05, 4.69) is 5.32 Å². The largest absolute Gasteiger partial charge is 0.493 e. The van der Waals surface area contributed by atoms with Crippen molar-refractivity contribution in [1.29, 1.82) is 0 Å². The highest BCUT2D eigenvalue weighted by Gasteiger charge is 2.25. The summed E-state index contributed by atoms with van der Waals surface area (Å²) < 4.78 is 13.8. The van der Waals surface area contributed by atoms with Gasteiger partial charge < -0.3 is 14.8 Å². The summed E-state index contributed by atoms with van der Waals surface area (Å²) in [6, 6.07) is 15.2. The van der Waals surface area contributed by atoms with Crippen LogP contribution in [0.1, 0.15) is 17.7 Å². The van der Waals surface area contributed by atoms with E-state index >= 15 is 0 Å². The van der Waals surface area contributed by atoms with Gasteiger partial charge in [0.2, 0.25) is 5.13 Å². The van der Waals surface area contributed by atoms with Crippen molar-refractivity contribution < 1.29 is 14.3 Å². The molecule has 0 atom stereocenters. The second-order valence-electron chi connectivity index (χ2n) is 6.99. The van der Waals surface area contributed by atoms with Crippen LogP contribution in [0.2, 0.25) is 0 Å². The lowest BCUT2D eigenvalue weighted by Gasteiger charge is -2.12. The molecule has 4 aromatic rings. The molecule has 0 aliphatic heterocycles. The molecule has 0 fully saturated rings. The fourth-order valence-electron chi connectivity index (χ4n) is 3.66. The third kappa shape index (κ3) is 3.39. The molecule has 1 amide bonds. The lowest BCUT2D eigenvalue weighted by molar-refractivity contribution is -0.118. The molecule has 1 aliphatic rings. The second kappa shape index (κ2) is 7.79. The number of carbonyl (C=O) groups excluding carboxylic acids is 1. The predicted octanol–water partition coefficient (Wildman–Crippen LogP) is 4.00. The molecule has 0 saturated carbocycles. The Morgan fingerprint density at radius 2 is 1.93 bits per heavy atom. The number of amides is 1. The minimum absolute atomic E-state index is 0.125. The number of anilines is 1. The maximum absolute atomic E-state index is 12.7. The van der Waals surface area contributed by atoms with Gasteiger partial charge in [0, 0.05) is 5.56 Å². The van der Waals surface area contributed by atoms with Crippen LogP contribution in [-0.4, -0.2) is 34.4 Å². The third-order valence-corrected chi connectivity index (χ3v) is 6.07. The van der Waals surface area contributed by atoms with E-state index in [1.807, 2.05) is 36.4 Å². The lowest BCUT2D eigenvalue weighted by Crippen LogP contribution is -2.22. The van der Waals surface area contributed by atoms with Crippen molar-refractivity contribution in [2.45, 2.75) is 19.3 Å². The summed E-state index contributed by atoms with van der Waals surface area (Å²) in [4.78, 5) is 17.4. The van der Waals surface area contributed by atoms with Gasteiger partial charge in [0.05, 0.1) is 23.0 Å². The van der Waals surface area contributed by atoms with Gasteiger partial charge in [0.15, 0.2) is 18.1 Å². The van der Waals surface area contributed by atoms with Crippen molar-refractivity contribution in [2.75, 3.05) is 19.0 Å². The maximum Gasteiger partial charge on any atom is 0.263 e. The Labute approximate surface area is 177 Å². The Morgan fingerprint density at radius 1 is 1.13 bits per heavy atom. The molecule has 0 saturated heterocycles. The SMILES string of the molecule is COc1ccccc1OCC(=O)Nc1c2c(nn1-c1nc3ccccc3s1)CCC2. The molecular formula is C22H20N4O3S. The first-order valence-corrected chi connectivity index (χ1v) is 10.6. The number of methoxy groups -OCH3 is 1. The van der Waals surface area contributed by atoms with Crippen LogP contribution < -0.4 is 14.8 Å². The molecule has 30 heavy (non-hydrogen) atoms. The van der Waals surface area contributed by atoms with E-state index in [1.54, 1.807) is 35.3 Å². The van der Waals surface area contributed by atoms with E-state index < -0.39 is 0 Å². The molecule has 0 radical (unpaired) electrons. The number of thiazole rings is 1. The number of aromatic nitrogens is 3. The Bertz CT molecular complexity index is 1200. The van der Waals surface area contributed by atoms with E-state index in [-0.39, 0.29) is 12.5 Å². The summed E-state index contributed by atoms with van der Waals surface area (Å²) >= 11 is 1.55. The Balaban J connectivity index is 1.40. The Hall–Kier alpha value is -3.39. The van der Waals surface area contributed by atoms with Gasteiger partial charge in [-0.1, -0.05) is 35.6 Å². The fourth-order valence-corrected chi connectivity index (χ4v) is 4.58. The van der Waals surface area contributed by atoms with E-state index in [9.17, 15) is 4.79 Å². The number of nitrogens with one attached hydrogen (secondary N) is 1. The monoisotopic (exact) mass is 420 g/mol. The zero-order chi connectivity index (χ0) is 20.5. The van der Waals surface area contributed by atoms with Gasteiger partial charge >= 0.3 is 0 Å². The van der Waals surface area contributed by atoms with Crippen molar-refractivity contribution in [3.05, 3.63) is 59.8 Å². The van der Waals surface area contributed by atoms with Crippen LogP contribution in [-0.2, 0) is 17.6 Å². The summed E-state index contributed by atoms with van der Waals surface area (Å²) in [5, 5.41) is 8.49. The van der Waals surface area contributed by atoms with Crippen LogP contribution in [0.15, 0.2) is 48.5 Å². The summed E-state index contributed by atoms with van der Waals surface area (Å²) in [5.74, 6) is 1.55. The minimum Gasteiger partial charge on any atom is -0.493 e. The van der Waals surface area contributed by atoms with Crippen molar-refractivity contribution in [3.8, 4) is 16.6 Å². The first kappa shape index (κ1) is 18.6. The quantitative estimate of drug-likeness (QED) is 0.510. The van der Waals surface area contributed by atoms with Crippen LogP contribution in [0.3, 0.4) is 0 Å². The van der Waals surface area contributed by atoms with E-state index in [0.717, 1.165) is 45.9 Å². The predicted molar refractivity (Wildman–Crippen MR) is 116 cm³/mol. The number of hydrogen-bond acceptors (Lipinski definition) is 6. The highest BCUT2D eigenvalue weighted by atomic mass is 32.1. The Kier molecular flexibility index (Phi) is 4.84. The molecular weight excluding hydrogens is 400 g/mol. The average Bonchev–Trinajstić information content (AvgIpc) is 3.47. The van der Waals surface area contributed by atoms with Gasteiger partial charge in [-0.2, -0.15) is 9.78 Å². The highest BCUT2D eigenvalue weighted by Crippen LogP contribution is 2.33. The fraction of sp³-hybridized carbons (Fsp3) is 0.227. The van der Waals surface area contributed by atoms with E-state index in [0.29, 0.717) is 17.3 Å². The summed E-state index contributed by atoms with van der Waals surface area (Å²) in [7, 11) is 1.57. The normalized spacial score (nSPS) is 12.7. The number of rotatable bonds is 6. The zero-order valence-corrected chi connectivity index (χ0v) is 17.2. The van der Waals surface area contributed by atoms with Crippen LogP contribution in [0.4, 0.5) is 5.82 Å². The van der Waals surface area contributed by atoms with E-state index in [4.69, 9.17) is 19.6 Å². The number of aryl methyl sites for hydroxylation is 1. The maximum atomic E-state index is 12.7. The molecule has 0 bridgehead atoms. The number of hydrogen-bond donors (Lipinski definition) is 1. The van der Waals surface area contributed by atoms with Crippen LogP contribution >= 0.6 is 11.3 Å². The molecule has 1 N–H and O–H groups in total. The van der Waals surface area contributed by atoms with Crippen molar-refractivity contribution in [1.82, 2.24) is 14.8 Å². The summed E-state index contributed by atoms with van der Waals surface area (Å²) in [6.45, 7) is -0.125. The van der Waals surface area contributed by atoms with Gasteiger partial charge in [-0.15, -0.1) is 0 Å². The minimum atomic E-state index is -0.252. The number of benzene rings is 2. The number of fused-ring (bicyclic) bond motifs is 2. The van der Waals surface area contributed by atoms with Crippen molar-refractivity contribution >= 4 is 33.3 Å². The molecule has 8 heteroatoms. The molecule has 2 aromatic heterocycles. The van der Waals surface area contributed by atoms with Gasteiger partial charge in [-0.25, -0.2) is 4.98 Å². The number of nitrogens with zero attached hydrogens (tertiary/aromatic N) is 3. The topological polar surface area (TPSA) is 78.3 Å². The van der Waals surface area contributed by atoms with Gasteiger partial charge in [-0.05, 0) is 43.5 Å². The molecule has 152 valence electrons. The molecule has 0 spiro atoms. The molecule has 5 rings (SSSR count). The number of ether oxygens (including phenoxy) is 2. The first-order valence-electron chi connectivity index (χ1n) is 9.75. The number of para-hydroxylation sites is 3. The van der Waals surface area contributed by atoms with Gasteiger partial charge in [-0.3, -0.25) is 4.79 Å². The number of carbonyl (C=O) groups is 1. The molecule has 2 heterocycles. The molecule has 7 nitrogen and oxygen atoms in total.